The highest BCUT2D eigenvalue weighted by atomic mass is 16.5. The first-order valence-corrected chi connectivity index (χ1v) is 6.91. The number of aryl methyl sites for hydroxylation is 1. The fourth-order valence-corrected chi connectivity index (χ4v) is 2.09. The number of aromatic nitrogens is 1. The molecule has 0 saturated heterocycles. The highest BCUT2D eigenvalue weighted by molar-refractivity contribution is 5.50. The molecular weight excluding hydrogens is 264 g/mol. The third kappa shape index (κ3) is 3.45. The molecule has 112 valence electrons. The molecular formula is C17H22N2O2. The maximum absolute atomic E-state index is 5.94. The van der Waals surface area contributed by atoms with E-state index in [2.05, 4.69) is 38.7 Å². The van der Waals surface area contributed by atoms with Crippen molar-refractivity contribution < 1.29 is 9.47 Å². The van der Waals surface area contributed by atoms with Crippen molar-refractivity contribution in [2.24, 2.45) is 0 Å². The number of nitrogen functional groups attached to an aromatic ring is 1. The van der Waals surface area contributed by atoms with Crippen LogP contribution in [-0.2, 0) is 5.41 Å². The lowest BCUT2D eigenvalue weighted by Gasteiger charge is -2.23. The van der Waals surface area contributed by atoms with Crippen LogP contribution in [0.2, 0.25) is 0 Å². The molecule has 4 heteroatoms. The van der Waals surface area contributed by atoms with Gasteiger partial charge in [-0.2, -0.15) is 4.98 Å². The molecule has 0 radical (unpaired) electrons. The predicted octanol–water partition coefficient (Wildman–Crippen LogP) is 4.07. The van der Waals surface area contributed by atoms with Crippen LogP contribution in [-0.4, -0.2) is 12.1 Å². The molecule has 4 nitrogen and oxygen atoms in total. The van der Waals surface area contributed by atoms with Crippen LogP contribution in [0, 0.1) is 6.92 Å². The number of nitrogens with two attached hydrogens (primary N) is 1. The van der Waals surface area contributed by atoms with Crippen molar-refractivity contribution in [2.45, 2.75) is 33.1 Å². The molecule has 21 heavy (non-hydrogen) atoms. The number of hydrogen-bond acceptors (Lipinski definition) is 4. The van der Waals surface area contributed by atoms with Gasteiger partial charge in [-0.15, -0.1) is 0 Å². The van der Waals surface area contributed by atoms with E-state index >= 15 is 0 Å². The van der Waals surface area contributed by atoms with Gasteiger partial charge in [0.05, 0.1) is 12.8 Å². The van der Waals surface area contributed by atoms with E-state index in [0.717, 1.165) is 11.3 Å². The van der Waals surface area contributed by atoms with Crippen LogP contribution in [0.1, 0.15) is 31.9 Å². The number of hydrogen-bond donors (Lipinski definition) is 1. The summed E-state index contributed by atoms with van der Waals surface area (Å²) in [5.74, 6) is 1.64. The topological polar surface area (TPSA) is 57.4 Å². The van der Waals surface area contributed by atoms with E-state index in [-0.39, 0.29) is 5.41 Å². The highest BCUT2D eigenvalue weighted by Crippen LogP contribution is 2.35. The summed E-state index contributed by atoms with van der Waals surface area (Å²) < 4.78 is 11.1. The van der Waals surface area contributed by atoms with Crippen molar-refractivity contribution in [1.82, 2.24) is 4.98 Å². The summed E-state index contributed by atoms with van der Waals surface area (Å²) >= 11 is 0. The second-order valence-corrected chi connectivity index (χ2v) is 6.10. The van der Waals surface area contributed by atoms with E-state index in [1.54, 1.807) is 12.1 Å². The lowest BCUT2D eigenvalue weighted by atomic mass is 9.85. The normalized spacial score (nSPS) is 11.3. The molecule has 2 rings (SSSR count). The van der Waals surface area contributed by atoms with Crippen LogP contribution in [0.3, 0.4) is 0 Å². The van der Waals surface area contributed by atoms with Crippen molar-refractivity contribution in [3.05, 3.63) is 41.5 Å². The molecule has 0 amide bonds. The maximum atomic E-state index is 5.94. The Balaban J connectivity index is 2.40. The van der Waals surface area contributed by atoms with Gasteiger partial charge in [0.2, 0.25) is 11.8 Å². The Bertz CT molecular complexity index is 646. The van der Waals surface area contributed by atoms with E-state index in [1.165, 1.54) is 12.7 Å². The molecule has 2 N–H and O–H groups in total. The van der Waals surface area contributed by atoms with Crippen LogP contribution < -0.4 is 15.2 Å². The van der Waals surface area contributed by atoms with Gasteiger partial charge in [0.15, 0.2) is 0 Å². The Morgan fingerprint density at radius 2 is 1.81 bits per heavy atom. The monoisotopic (exact) mass is 286 g/mol. The Hall–Kier alpha value is -2.23. The molecule has 0 atom stereocenters. The Kier molecular flexibility index (Phi) is 4.07. The molecule has 0 spiro atoms. The molecule has 0 aliphatic heterocycles. The van der Waals surface area contributed by atoms with Gasteiger partial charge in [-0.3, -0.25) is 0 Å². The minimum atomic E-state index is -0.0146. The van der Waals surface area contributed by atoms with Crippen molar-refractivity contribution in [3.63, 3.8) is 0 Å². The average molecular weight is 286 g/mol. The SMILES string of the molecule is COc1nc(Oc2ccc(C)cc2C(C)(C)C)ccc1N. The van der Waals surface area contributed by atoms with Crippen LogP contribution in [0.4, 0.5) is 5.69 Å². The van der Waals surface area contributed by atoms with Crippen molar-refractivity contribution in [3.8, 4) is 17.5 Å². The number of anilines is 1. The van der Waals surface area contributed by atoms with Gasteiger partial charge in [-0.1, -0.05) is 38.5 Å². The van der Waals surface area contributed by atoms with Crippen LogP contribution >= 0.6 is 0 Å². The van der Waals surface area contributed by atoms with Gasteiger partial charge < -0.3 is 15.2 Å². The molecule has 0 aliphatic rings. The first-order chi connectivity index (χ1) is 9.81. The second kappa shape index (κ2) is 5.64. The minimum absolute atomic E-state index is 0.0146. The zero-order valence-electron chi connectivity index (χ0n) is 13.2. The number of benzene rings is 1. The number of ether oxygens (including phenoxy) is 2. The Labute approximate surface area is 125 Å². The number of rotatable bonds is 3. The summed E-state index contributed by atoms with van der Waals surface area (Å²) in [6.45, 7) is 8.55. The highest BCUT2D eigenvalue weighted by Gasteiger charge is 2.20. The van der Waals surface area contributed by atoms with Gasteiger partial charge >= 0.3 is 0 Å². The zero-order chi connectivity index (χ0) is 15.6. The quantitative estimate of drug-likeness (QED) is 0.924. The molecule has 1 heterocycles. The first kappa shape index (κ1) is 15.2. The largest absolute Gasteiger partial charge is 0.479 e. The van der Waals surface area contributed by atoms with E-state index in [1.807, 2.05) is 12.1 Å². The summed E-state index contributed by atoms with van der Waals surface area (Å²) in [6, 6.07) is 9.61. The molecule has 0 aliphatic carbocycles. The zero-order valence-corrected chi connectivity index (χ0v) is 13.2. The summed E-state index contributed by atoms with van der Waals surface area (Å²) in [4.78, 5) is 4.26. The van der Waals surface area contributed by atoms with Crippen molar-refractivity contribution in [1.29, 1.82) is 0 Å². The molecule has 0 fully saturated rings. The van der Waals surface area contributed by atoms with Crippen LogP contribution in [0.25, 0.3) is 0 Å². The molecule has 0 bridgehead atoms. The molecule has 2 aromatic rings. The molecule has 0 saturated carbocycles. The lowest BCUT2D eigenvalue weighted by Crippen LogP contribution is -2.13. The van der Waals surface area contributed by atoms with Crippen LogP contribution in [0.15, 0.2) is 30.3 Å². The van der Waals surface area contributed by atoms with Gasteiger partial charge in [-0.05, 0) is 24.5 Å². The smallest absolute Gasteiger partial charge is 0.240 e. The lowest BCUT2D eigenvalue weighted by molar-refractivity contribution is 0.383. The van der Waals surface area contributed by atoms with Gasteiger partial charge in [-0.25, -0.2) is 0 Å². The van der Waals surface area contributed by atoms with E-state index in [4.69, 9.17) is 15.2 Å². The van der Waals surface area contributed by atoms with Crippen molar-refractivity contribution >= 4 is 5.69 Å². The second-order valence-electron chi connectivity index (χ2n) is 6.10. The Morgan fingerprint density at radius 3 is 2.43 bits per heavy atom. The third-order valence-electron chi connectivity index (χ3n) is 3.22. The van der Waals surface area contributed by atoms with E-state index in [0.29, 0.717) is 17.4 Å². The van der Waals surface area contributed by atoms with E-state index in [9.17, 15) is 0 Å². The molecule has 1 aromatic heterocycles. The maximum Gasteiger partial charge on any atom is 0.240 e. The Morgan fingerprint density at radius 1 is 1.10 bits per heavy atom. The molecule has 0 unspecified atom stereocenters. The predicted molar refractivity (Wildman–Crippen MR) is 85.2 cm³/mol. The summed E-state index contributed by atoms with van der Waals surface area (Å²) in [5.41, 5.74) is 8.59. The van der Waals surface area contributed by atoms with Gasteiger partial charge in [0.1, 0.15) is 5.75 Å². The number of methoxy groups -OCH3 is 1. The first-order valence-electron chi connectivity index (χ1n) is 6.91. The van der Waals surface area contributed by atoms with Crippen molar-refractivity contribution in [2.75, 3.05) is 12.8 Å². The third-order valence-corrected chi connectivity index (χ3v) is 3.22. The average Bonchev–Trinajstić information content (AvgIpc) is 2.41. The summed E-state index contributed by atoms with van der Waals surface area (Å²) in [7, 11) is 1.54. The summed E-state index contributed by atoms with van der Waals surface area (Å²) in [5, 5.41) is 0. The van der Waals surface area contributed by atoms with Crippen LogP contribution in [0.5, 0.6) is 17.5 Å². The van der Waals surface area contributed by atoms with E-state index < -0.39 is 0 Å². The minimum Gasteiger partial charge on any atom is -0.479 e. The molecule has 1 aromatic carbocycles. The number of nitrogens with zero attached hydrogens (tertiary/aromatic N) is 1. The van der Waals surface area contributed by atoms with Gasteiger partial charge in [0, 0.05) is 11.6 Å². The number of pyridine rings is 1. The van der Waals surface area contributed by atoms with Gasteiger partial charge in [0.25, 0.3) is 0 Å². The standard InChI is InChI=1S/C17H22N2O2/c1-11-6-8-14(12(10-11)17(2,3)4)21-15-9-7-13(18)16(19-15)20-5/h6-10H,18H2,1-5H3. The fourth-order valence-electron chi connectivity index (χ4n) is 2.09. The fraction of sp³-hybridized carbons (Fsp3) is 0.353. The summed E-state index contributed by atoms with van der Waals surface area (Å²) in [6.07, 6.45) is 0.